The van der Waals surface area contributed by atoms with Crippen molar-refractivity contribution in [2.24, 2.45) is 0 Å². The van der Waals surface area contributed by atoms with Crippen molar-refractivity contribution < 1.29 is 27.7 Å². The Morgan fingerprint density at radius 2 is 1.50 bits per heavy atom. The molecular weight excluding hydrogens is 329 g/mol. The molecule has 0 heterocycles. The Bertz CT molecular complexity index is 490. The Labute approximate surface area is 145 Å². The summed E-state index contributed by atoms with van der Waals surface area (Å²) in [7, 11) is 1.76. The molecule has 0 amide bonds. The van der Waals surface area contributed by atoms with E-state index in [4.69, 9.17) is 13.8 Å². The number of unbranched alkanes of at least 4 members (excludes halogenated alkanes) is 3. The van der Waals surface area contributed by atoms with E-state index < -0.39 is 7.82 Å². The second kappa shape index (κ2) is 10.9. The maximum atomic E-state index is 11.6. The molecule has 0 radical (unpaired) electrons. The summed E-state index contributed by atoms with van der Waals surface area (Å²) < 4.78 is 27.5. The fourth-order valence-corrected chi connectivity index (χ4v) is 2.64. The molecule has 0 N–H and O–H groups in total. The predicted octanol–water partition coefficient (Wildman–Crippen LogP) is 2.83. The van der Waals surface area contributed by atoms with Gasteiger partial charge in [0.05, 0.1) is 34.4 Å². The Hall–Kier alpha value is -0.910. The van der Waals surface area contributed by atoms with Gasteiger partial charge in [0.2, 0.25) is 0 Å². The number of quaternary nitrogens is 1. The third-order valence-electron chi connectivity index (χ3n) is 3.31. The van der Waals surface area contributed by atoms with E-state index in [-0.39, 0.29) is 13.2 Å². The molecule has 1 unspecified atom stereocenters. The van der Waals surface area contributed by atoms with Gasteiger partial charge in [-0.05, 0) is 31.4 Å². The van der Waals surface area contributed by atoms with Crippen LogP contribution in [0.25, 0.3) is 0 Å². The van der Waals surface area contributed by atoms with Crippen LogP contribution in [0.3, 0.4) is 0 Å². The summed E-state index contributed by atoms with van der Waals surface area (Å²) in [4.78, 5) is 11.6. The minimum atomic E-state index is -4.16. The van der Waals surface area contributed by atoms with Gasteiger partial charge >= 0.3 is 0 Å². The van der Waals surface area contributed by atoms with Crippen molar-refractivity contribution in [3.05, 3.63) is 30.3 Å². The van der Waals surface area contributed by atoms with Crippen LogP contribution in [0.5, 0.6) is 5.75 Å². The van der Waals surface area contributed by atoms with Crippen molar-refractivity contribution in [1.82, 2.24) is 0 Å². The smallest absolute Gasteiger partial charge is 0.268 e. The van der Waals surface area contributed by atoms with Crippen LogP contribution in [0.1, 0.15) is 25.7 Å². The van der Waals surface area contributed by atoms with Gasteiger partial charge in [-0.25, -0.2) is 0 Å². The van der Waals surface area contributed by atoms with Crippen LogP contribution in [0.15, 0.2) is 30.3 Å². The summed E-state index contributed by atoms with van der Waals surface area (Å²) in [5.74, 6) is 0.874. The van der Waals surface area contributed by atoms with Crippen LogP contribution in [-0.4, -0.2) is 52.0 Å². The van der Waals surface area contributed by atoms with Gasteiger partial charge in [-0.1, -0.05) is 24.6 Å². The lowest BCUT2D eigenvalue weighted by molar-refractivity contribution is -0.870. The number of para-hydroxylation sites is 1. The van der Waals surface area contributed by atoms with E-state index in [1.165, 1.54) is 0 Å². The lowest BCUT2D eigenvalue weighted by atomic mass is 10.2. The van der Waals surface area contributed by atoms with Gasteiger partial charge in [0.15, 0.2) is 0 Å². The molecule has 1 atom stereocenters. The number of rotatable bonds is 13. The molecule has 24 heavy (non-hydrogen) atoms. The van der Waals surface area contributed by atoms with Gasteiger partial charge in [0.1, 0.15) is 18.9 Å². The minimum absolute atomic E-state index is 0.140. The first kappa shape index (κ1) is 21.1. The molecule has 0 aliphatic carbocycles. The highest BCUT2D eigenvalue weighted by molar-refractivity contribution is 7.45. The van der Waals surface area contributed by atoms with Crippen molar-refractivity contribution >= 4 is 7.82 Å². The molecule has 1 rings (SSSR count). The zero-order valence-corrected chi connectivity index (χ0v) is 15.9. The van der Waals surface area contributed by atoms with Crippen molar-refractivity contribution in [3.63, 3.8) is 0 Å². The summed E-state index contributed by atoms with van der Waals surface area (Å²) in [6, 6.07) is 9.69. The lowest BCUT2D eigenvalue weighted by Gasteiger charge is -2.27. The van der Waals surface area contributed by atoms with Crippen LogP contribution in [0.4, 0.5) is 0 Å². The van der Waals surface area contributed by atoms with Crippen LogP contribution in [0, 0.1) is 0 Å². The van der Waals surface area contributed by atoms with Gasteiger partial charge in [-0.2, -0.15) is 0 Å². The average Bonchev–Trinajstić information content (AvgIpc) is 2.49. The van der Waals surface area contributed by atoms with Crippen molar-refractivity contribution in [3.8, 4) is 5.75 Å². The number of hydrogen-bond acceptors (Lipinski definition) is 5. The number of phosphoric ester groups is 1. The largest absolute Gasteiger partial charge is 0.756 e. The molecule has 0 fully saturated rings. The van der Waals surface area contributed by atoms with Gasteiger partial charge in [0.25, 0.3) is 7.82 Å². The molecule has 138 valence electrons. The van der Waals surface area contributed by atoms with Gasteiger partial charge in [0, 0.05) is 0 Å². The molecule has 0 aliphatic heterocycles. The lowest BCUT2D eigenvalue weighted by Crippen LogP contribution is -2.37. The van der Waals surface area contributed by atoms with Gasteiger partial charge < -0.3 is 23.2 Å². The van der Waals surface area contributed by atoms with Crippen LogP contribution < -0.4 is 9.63 Å². The standard InChI is InChI=1S/C17H30NO5P/c1-18(2,3)13-16-23-24(19,20)22-15-10-5-4-9-14-21-17-11-7-6-8-12-17/h6-8,11-12H,4-5,9-10,13-16H2,1-3H3. The molecule has 0 aromatic heterocycles. The highest BCUT2D eigenvalue weighted by Gasteiger charge is 2.12. The fraction of sp³-hybridized carbons (Fsp3) is 0.647. The number of phosphoric acid groups is 1. The monoisotopic (exact) mass is 359 g/mol. The number of benzene rings is 1. The van der Waals surface area contributed by atoms with Gasteiger partial charge in [-0.15, -0.1) is 0 Å². The normalized spacial score (nSPS) is 14.3. The summed E-state index contributed by atoms with van der Waals surface area (Å²) in [5.41, 5.74) is 0. The third-order valence-corrected chi connectivity index (χ3v) is 4.31. The molecule has 0 saturated carbocycles. The highest BCUT2D eigenvalue weighted by Crippen LogP contribution is 2.38. The molecule has 6 nitrogen and oxygen atoms in total. The maximum absolute atomic E-state index is 11.6. The van der Waals surface area contributed by atoms with E-state index >= 15 is 0 Å². The topological polar surface area (TPSA) is 67.8 Å². The van der Waals surface area contributed by atoms with E-state index in [1.54, 1.807) is 0 Å². The van der Waals surface area contributed by atoms with E-state index in [2.05, 4.69) is 0 Å². The van der Waals surface area contributed by atoms with E-state index in [0.717, 1.165) is 25.0 Å². The summed E-state index contributed by atoms with van der Waals surface area (Å²) in [6.45, 7) is 1.59. The van der Waals surface area contributed by atoms with Crippen LogP contribution in [0.2, 0.25) is 0 Å². The SMILES string of the molecule is C[N+](C)(C)CCOP(=O)([O-])OCCCCCCOc1ccccc1. The van der Waals surface area contributed by atoms with Crippen molar-refractivity contribution in [2.45, 2.75) is 25.7 Å². The van der Waals surface area contributed by atoms with E-state index in [1.807, 2.05) is 51.5 Å². The summed E-state index contributed by atoms with van der Waals surface area (Å²) in [5, 5.41) is 0. The van der Waals surface area contributed by atoms with E-state index in [9.17, 15) is 9.46 Å². The second-order valence-corrected chi connectivity index (χ2v) is 8.11. The number of likely N-dealkylation sites (N-methyl/N-ethyl adjacent to an activating group) is 1. The quantitative estimate of drug-likeness (QED) is 0.308. The molecule has 0 spiro atoms. The molecule has 1 aromatic carbocycles. The van der Waals surface area contributed by atoms with E-state index in [0.29, 0.717) is 24.1 Å². The Morgan fingerprint density at radius 3 is 2.12 bits per heavy atom. The van der Waals surface area contributed by atoms with Crippen LogP contribution in [-0.2, 0) is 13.6 Å². The second-order valence-electron chi connectivity index (χ2n) is 6.70. The summed E-state index contributed by atoms with van der Waals surface area (Å²) >= 11 is 0. The maximum Gasteiger partial charge on any atom is 0.268 e. The van der Waals surface area contributed by atoms with Gasteiger partial charge in [-0.3, -0.25) is 4.57 Å². The molecule has 0 bridgehead atoms. The Balaban J connectivity index is 1.98. The fourth-order valence-electron chi connectivity index (χ4n) is 1.90. The zero-order valence-electron chi connectivity index (χ0n) is 15.0. The number of nitrogens with zero attached hydrogens (tertiary/aromatic N) is 1. The first-order chi connectivity index (χ1) is 11.3. The molecule has 0 saturated heterocycles. The third kappa shape index (κ3) is 11.6. The number of ether oxygens (including phenoxy) is 1. The predicted molar refractivity (Wildman–Crippen MR) is 92.8 cm³/mol. The van der Waals surface area contributed by atoms with Crippen molar-refractivity contribution in [2.75, 3.05) is 47.5 Å². The minimum Gasteiger partial charge on any atom is -0.756 e. The highest BCUT2D eigenvalue weighted by atomic mass is 31.2. The molecule has 7 heteroatoms. The van der Waals surface area contributed by atoms with Crippen molar-refractivity contribution in [1.29, 1.82) is 0 Å². The number of hydrogen-bond donors (Lipinski definition) is 0. The first-order valence-corrected chi connectivity index (χ1v) is 9.83. The Kier molecular flexibility index (Phi) is 9.56. The van der Waals surface area contributed by atoms with Crippen LogP contribution >= 0.6 is 7.82 Å². The summed E-state index contributed by atoms with van der Waals surface area (Å²) in [6.07, 6.45) is 3.50. The average molecular weight is 359 g/mol. The molecule has 0 aliphatic rings. The molecular formula is C17H30NO5P. The molecule has 1 aromatic rings. The first-order valence-electron chi connectivity index (χ1n) is 8.37. The zero-order chi connectivity index (χ0) is 17.9. The Morgan fingerprint density at radius 1 is 0.917 bits per heavy atom.